The first-order valence-corrected chi connectivity index (χ1v) is 10.4. The highest BCUT2D eigenvalue weighted by Gasteiger charge is 2.33. The first-order chi connectivity index (χ1) is 13.6. The van der Waals surface area contributed by atoms with Crippen molar-refractivity contribution in [1.82, 2.24) is 20.4 Å². The average Bonchev–Trinajstić information content (AvgIpc) is 3.07. The van der Waals surface area contributed by atoms with Gasteiger partial charge in [-0.1, -0.05) is 6.42 Å². The van der Waals surface area contributed by atoms with E-state index < -0.39 is 0 Å². The van der Waals surface area contributed by atoms with E-state index in [4.69, 9.17) is 0 Å². The highest BCUT2D eigenvalue weighted by atomic mass is 19.1. The molecule has 6 heteroatoms. The third-order valence-electron chi connectivity index (χ3n) is 6.32. The minimum absolute atomic E-state index is 0.0285. The fraction of sp³-hybridized carbons (Fsp3) is 0.545. The monoisotopic (exact) mass is 384 g/mol. The number of aromatic amines is 1. The first kappa shape index (κ1) is 19.1. The van der Waals surface area contributed by atoms with Crippen LogP contribution in [-0.4, -0.2) is 46.7 Å². The number of benzene rings is 1. The molecule has 28 heavy (non-hydrogen) atoms. The molecule has 2 aliphatic heterocycles. The molecule has 0 spiro atoms. The summed E-state index contributed by atoms with van der Waals surface area (Å²) in [7, 11) is 0. The number of fused-ring (bicyclic) bond motifs is 1. The lowest BCUT2D eigenvalue weighted by molar-refractivity contribution is -0.120. The number of nitrogens with one attached hydrogen (secondary N) is 2. The molecule has 0 aliphatic carbocycles. The van der Waals surface area contributed by atoms with E-state index in [2.05, 4.69) is 20.4 Å². The summed E-state index contributed by atoms with van der Waals surface area (Å²) in [6.07, 6.45) is 6.59. The van der Waals surface area contributed by atoms with Crippen molar-refractivity contribution in [2.75, 3.05) is 19.6 Å². The van der Waals surface area contributed by atoms with Crippen molar-refractivity contribution in [3.63, 3.8) is 0 Å². The Morgan fingerprint density at radius 2 is 2.00 bits per heavy atom. The Kier molecular flexibility index (Phi) is 5.76. The standard InChI is InChI=1S/C22H29FN4O/c1-15-19(22(26-25-15)16-7-9-18(23)10-8-16)13-21(28)24-14-17-5-4-12-27-11-3-2-6-20(17)27/h7-10,17,20H,2-6,11-14H2,1H3,(H,24,28)(H,25,26). The number of hydrogen-bond acceptors (Lipinski definition) is 3. The van der Waals surface area contributed by atoms with Gasteiger partial charge >= 0.3 is 0 Å². The number of amides is 1. The fourth-order valence-electron chi connectivity index (χ4n) is 4.80. The summed E-state index contributed by atoms with van der Waals surface area (Å²) in [5, 5.41) is 10.5. The predicted molar refractivity (Wildman–Crippen MR) is 107 cm³/mol. The highest BCUT2D eigenvalue weighted by Crippen LogP contribution is 2.30. The quantitative estimate of drug-likeness (QED) is 0.830. The Labute approximate surface area is 165 Å². The van der Waals surface area contributed by atoms with Gasteiger partial charge in [-0.15, -0.1) is 0 Å². The molecule has 0 radical (unpaired) electrons. The Morgan fingerprint density at radius 1 is 1.21 bits per heavy atom. The highest BCUT2D eigenvalue weighted by molar-refractivity contribution is 5.81. The lowest BCUT2D eigenvalue weighted by Gasteiger charge is -2.44. The molecule has 0 bridgehead atoms. The summed E-state index contributed by atoms with van der Waals surface area (Å²) in [6, 6.07) is 6.87. The van der Waals surface area contributed by atoms with E-state index in [-0.39, 0.29) is 18.1 Å². The van der Waals surface area contributed by atoms with Crippen LogP contribution in [0.25, 0.3) is 11.3 Å². The number of rotatable bonds is 5. The molecule has 0 saturated carbocycles. The smallest absolute Gasteiger partial charge is 0.224 e. The van der Waals surface area contributed by atoms with Crippen LogP contribution >= 0.6 is 0 Å². The number of halogens is 1. The Hall–Kier alpha value is -2.21. The topological polar surface area (TPSA) is 61.0 Å². The second-order valence-corrected chi connectivity index (χ2v) is 8.16. The van der Waals surface area contributed by atoms with Crippen LogP contribution in [0.3, 0.4) is 0 Å². The Morgan fingerprint density at radius 3 is 2.82 bits per heavy atom. The van der Waals surface area contributed by atoms with Gasteiger partial charge in [0.15, 0.2) is 0 Å². The second kappa shape index (κ2) is 8.43. The molecule has 1 aromatic carbocycles. The largest absolute Gasteiger partial charge is 0.355 e. The van der Waals surface area contributed by atoms with Crippen molar-refractivity contribution >= 4 is 5.91 Å². The molecule has 1 amide bonds. The minimum atomic E-state index is -0.278. The third kappa shape index (κ3) is 4.12. The Balaban J connectivity index is 1.39. The summed E-state index contributed by atoms with van der Waals surface area (Å²) in [5.41, 5.74) is 3.31. The maximum Gasteiger partial charge on any atom is 0.224 e. The molecule has 2 N–H and O–H groups in total. The van der Waals surface area contributed by atoms with Gasteiger partial charge in [-0.05, 0) is 75.9 Å². The summed E-state index contributed by atoms with van der Waals surface area (Å²) >= 11 is 0. The second-order valence-electron chi connectivity index (χ2n) is 8.16. The summed E-state index contributed by atoms with van der Waals surface area (Å²) in [6.45, 7) is 5.10. The third-order valence-corrected chi connectivity index (χ3v) is 6.32. The molecule has 1 aromatic heterocycles. The molecular weight excluding hydrogens is 355 g/mol. The van der Waals surface area contributed by atoms with Crippen LogP contribution in [0.2, 0.25) is 0 Å². The van der Waals surface area contributed by atoms with Crippen LogP contribution in [0.5, 0.6) is 0 Å². The van der Waals surface area contributed by atoms with Gasteiger partial charge < -0.3 is 10.2 Å². The normalized spacial score (nSPS) is 22.6. The molecular formula is C22H29FN4O. The number of carbonyl (C=O) groups excluding carboxylic acids is 1. The first-order valence-electron chi connectivity index (χ1n) is 10.4. The van der Waals surface area contributed by atoms with Crippen LogP contribution < -0.4 is 5.32 Å². The molecule has 2 atom stereocenters. The number of hydrogen-bond donors (Lipinski definition) is 2. The molecule has 2 aliphatic rings. The van der Waals surface area contributed by atoms with E-state index in [0.29, 0.717) is 12.0 Å². The van der Waals surface area contributed by atoms with E-state index in [0.717, 1.165) is 29.1 Å². The Bertz CT molecular complexity index is 814. The molecule has 2 fully saturated rings. The van der Waals surface area contributed by atoms with Crippen LogP contribution in [-0.2, 0) is 11.2 Å². The van der Waals surface area contributed by atoms with Crippen LogP contribution in [0.15, 0.2) is 24.3 Å². The average molecular weight is 384 g/mol. The van der Waals surface area contributed by atoms with Gasteiger partial charge in [-0.25, -0.2) is 4.39 Å². The predicted octanol–water partition coefficient (Wildman–Crippen LogP) is 3.45. The lowest BCUT2D eigenvalue weighted by Crippen LogP contribution is -2.51. The number of aryl methyl sites for hydroxylation is 1. The molecule has 150 valence electrons. The lowest BCUT2D eigenvalue weighted by atomic mass is 9.83. The maximum absolute atomic E-state index is 13.2. The van der Waals surface area contributed by atoms with Crippen molar-refractivity contribution in [2.24, 2.45) is 5.92 Å². The molecule has 2 aromatic rings. The van der Waals surface area contributed by atoms with Gasteiger partial charge in [0.05, 0.1) is 12.1 Å². The van der Waals surface area contributed by atoms with Gasteiger partial charge in [0.1, 0.15) is 5.82 Å². The van der Waals surface area contributed by atoms with Gasteiger partial charge in [0.2, 0.25) is 5.91 Å². The molecule has 5 nitrogen and oxygen atoms in total. The van der Waals surface area contributed by atoms with Crippen LogP contribution in [0.4, 0.5) is 4.39 Å². The van der Waals surface area contributed by atoms with Crippen LogP contribution in [0.1, 0.15) is 43.4 Å². The SMILES string of the molecule is Cc1[nH]nc(-c2ccc(F)cc2)c1CC(=O)NCC1CCCN2CCCCC12. The van der Waals surface area contributed by atoms with Crippen molar-refractivity contribution in [3.8, 4) is 11.3 Å². The van der Waals surface area contributed by atoms with Crippen molar-refractivity contribution in [1.29, 1.82) is 0 Å². The minimum Gasteiger partial charge on any atom is -0.355 e. The van der Waals surface area contributed by atoms with Crippen LogP contribution in [0, 0.1) is 18.7 Å². The fourth-order valence-corrected chi connectivity index (χ4v) is 4.80. The molecule has 4 rings (SSSR count). The summed E-state index contributed by atoms with van der Waals surface area (Å²) in [5.74, 6) is 0.306. The number of aromatic nitrogens is 2. The van der Waals surface area contributed by atoms with Crippen molar-refractivity contribution < 1.29 is 9.18 Å². The van der Waals surface area contributed by atoms with E-state index in [1.165, 1.54) is 57.3 Å². The van der Waals surface area contributed by atoms with E-state index in [1.807, 2.05) is 6.92 Å². The number of nitrogens with zero attached hydrogens (tertiary/aromatic N) is 2. The maximum atomic E-state index is 13.2. The zero-order valence-electron chi connectivity index (χ0n) is 16.5. The summed E-state index contributed by atoms with van der Waals surface area (Å²) in [4.78, 5) is 15.3. The van der Waals surface area contributed by atoms with Gasteiger partial charge in [-0.3, -0.25) is 9.89 Å². The van der Waals surface area contributed by atoms with Gasteiger partial charge in [-0.2, -0.15) is 5.10 Å². The van der Waals surface area contributed by atoms with Crippen molar-refractivity contribution in [2.45, 2.75) is 51.5 Å². The van der Waals surface area contributed by atoms with E-state index >= 15 is 0 Å². The zero-order valence-corrected chi connectivity index (χ0v) is 16.5. The number of H-pyrrole nitrogens is 1. The zero-order chi connectivity index (χ0) is 19.5. The molecule has 3 heterocycles. The van der Waals surface area contributed by atoms with E-state index in [9.17, 15) is 9.18 Å². The summed E-state index contributed by atoms with van der Waals surface area (Å²) < 4.78 is 13.2. The number of piperidine rings is 2. The van der Waals surface area contributed by atoms with Crippen molar-refractivity contribution in [3.05, 3.63) is 41.3 Å². The van der Waals surface area contributed by atoms with E-state index in [1.54, 1.807) is 12.1 Å². The number of carbonyl (C=O) groups is 1. The molecule has 2 saturated heterocycles. The molecule has 2 unspecified atom stereocenters. The van der Waals surface area contributed by atoms with Gasteiger partial charge in [0, 0.05) is 29.4 Å². The van der Waals surface area contributed by atoms with Gasteiger partial charge in [0.25, 0.3) is 0 Å².